The van der Waals surface area contributed by atoms with E-state index in [1.807, 2.05) is 16.8 Å². The fraction of sp³-hybridized carbons (Fsp3) is 0.263. The summed E-state index contributed by atoms with van der Waals surface area (Å²) in [5.41, 5.74) is -3.12. The Labute approximate surface area is 190 Å². The van der Waals surface area contributed by atoms with Crippen molar-refractivity contribution in [3.8, 4) is 11.5 Å². The number of anilines is 1. The van der Waals surface area contributed by atoms with Crippen LogP contribution in [0.1, 0.15) is 11.3 Å². The molecule has 4 aromatic rings. The lowest BCUT2D eigenvalue weighted by Crippen LogP contribution is -2.61. The third-order valence-electron chi connectivity index (χ3n) is 4.82. The van der Waals surface area contributed by atoms with E-state index < -0.39 is 36.1 Å². The maximum Gasteiger partial charge on any atom is 0.428 e. The van der Waals surface area contributed by atoms with Crippen molar-refractivity contribution < 1.29 is 35.8 Å². The molecule has 0 amide bonds. The number of aliphatic hydroxyl groups is 1. The highest BCUT2D eigenvalue weighted by molar-refractivity contribution is 7.07. The van der Waals surface area contributed by atoms with Gasteiger partial charge in [0.1, 0.15) is 5.69 Å². The average molecular weight is 506 g/mol. The molecule has 15 heteroatoms. The molecule has 180 valence electrons. The molecule has 0 fully saturated rings. The molecule has 34 heavy (non-hydrogen) atoms. The molecule has 0 aliphatic heterocycles. The van der Waals surface area contributed by atoms with Gasteiger partial charge in [-0.05, 0) is 22.4 Å². The SMILES string of the molecule is OC(CNc1nc(-c2cn3ccnc3c(Cc3ccsc3)n2)ncc1F)(C(F)(F)F)C(F)(F)F. The van der Waals surface area contributed by atoms with E-state index in [2.05, 4.69) is 19.9 Å². The van der Waals surface area contributed by atoms with E-state index in [9.17, 15) is 35.8 Å². The average Bonchev–Trinajstić information content (AvgIpc) is 3.43. The molecule has 0 saturated heterocycles. The van der Waals surface area contributed by atoms with Crippen molar-refractivity contribution in [1.29, 1.82) is 0 Å². The van der Waals surface area contributed by atoms with Crippen LogP contribution in [0.5, 0.6) is 0 Å². The molecule has 0 saturated carbocycles. The standard InChI is InChI=1S/C19H13F7N6OS/c20-11-6-28-15(31-14(11)29-9-17(33,18(21,22)23)19(24,25)26)13-7-32-3-2-27-16(32)12(30-13)5-10-1-4-34-8-10/h1-4,6-8,33H,5,9H2,(H,28,29,31). The molecule has 0 aliphatic carbocycles. The van der Waals surface area contributed by atoms with Gasteiger partial charge in [-0.3, -0.25) is 0 Å². The lowest BCUT2D eigenvalue weighted by molar-refractivity contribution is -0.362. The predicted octanol–water partition coefficient (Wildman–Crippen LogP) is 4.25. The first-order valence-corrected chi connectivity index (χ1v) is 10.3. The third kappa shape index (κ3) is 4.40. The highest BCUT2D eigenvalue weighted by atomic mass is 32.1. The molecule has 0 atom stereocenters. The summed E-state index contributed by atoms with van der Waals surface area (Å²) < 4.78 is 93.2. The highest BCUT2D eigenvalue weighted by Gasteiger charge is 2.70. The van der Waals surface area contributed by atoms with Crippen LogP contribution in [-0.2, 0) is 6.42 Å². The molecular formula is C19H13F7N6OS. The van der Waals surface area contributed by atoms with Crippen molar-refractivity contribution in [2.24, 2.45) is 0 Å². The van der Waals surface area contributed by atoms with Gasteiger partial charge in [0, 0.05) is 25.0 Å². The monoisotopic (exact) mass is 506 g/mol. The van der Waals surface area contributed by atoms with E-state index in [1.54, 1.807) is 15.9 Å². The van der Waals surface area contributed by atoms with Crippen LogP contribution in [0, 0.1) is 5.82 Å². The van der Waals surface area contributed by atoms with Crippen LogP contribution in [0.25, 0.3) is 17.2 Å². The van der Waals surface area contributed by atoms with Crippen molar-refractivity contribution in [2.75, 3.05) is 11.9 Å². The van der Waals surface area contributed by atoms with E-state index in [-0.39, 0.29) is 11.5 Å². The number of fused-ring (bicyclic) bond motifs is 1. The smallest absolute Gasteiger partial charge is 0.372 e. The van der Waals surface area contributed by atoms with Crippen LogP contribution >= 0.6 is 11.3 Å². The topological polar surface area (TPSA) is 88.2 Å². The van der Waals surface area contributed by atoms with Gasteiger partial charge >= 0.3 is 12.4 Å². The van der Waals surface area contributed by atoms with Crippen LogP contribution < -0.4 is 5.32 Å². The van der Waals surface area contributed by atoms with Crippen molar-refractivity contribution in [1.82, 2.24) is 24.3 Å². The number of halogens is 7. The van der Waals surface area contributed by atoms with E-state index in [0.29, 0.717) is 24.0 Å². The van der Waals surface area contributed by atoms with Gasteiger partial charge in [-0.25, -0.2) is 24.3 Å². The fourth-order valence-electron chi connectivity index (χ4n) is 3.00. The minimum absolute atomic E-state index is 0.0701. The van der Waals surface area contributed by atoms with E-state index in [0.717, 1.165) is 5.56 Å². The normalized spacial score (nSPS) is 12.9. The fourth-order valence-corrected chi connectivity index (χ4v) is 3.67. The van der Waals surface area contributed by atoms with Gasteiger partial charge in [-0.15, -0.1) is 0 Å². The molecule has 0 spiro atoms. The van der Waals surface area contributed by atoms with E-state index >= 15 is 0 Å². The Bertz CT molecular complexity index is 1290. The molecular weight excluding hydrogens is 493 g/mol. The van der Waals surface area contributed by atoms with Crippen molar-refractivity contribution in [3.05, 3.63) is 58.7 Å². The number of nitrogens with zero attached hydrogens (tertiary/aromatic N) is 5. The van der Waals surface area contributed by atoms with Crippen molar-refractivity contribution in [3.63, 3.8) is 0 Å². The number of hydrogen-bond acceptors (Lipinski definition) is 7. The number of hydrogen-bond donors (Lipinski definition) is 2. The number of nitrogens with one attached hydrogen (secondary N) is 1. The number of rotatable bonds is 6. The maximum atomic E-state index is 14.1. The summed E-state index contributed by atoms with van der Waals surface area (Å²) in [6.45, 7) is -2.12. The Kier molecular flexibility index (Phi) is 5.93. The number of imidazole rings is 1. The summed E-state index contributed by atoms with van der Waals surface area (Å²) in [7, 11) is 0. The Balaban J connectivity index is 1.68. The number of aromatic nitrogens is 5. The molecule has 0 aromatic carbocycles. The first-order chi connectivity index (χ1) is 15.9. The number of alkyl halides is 6. The Hall–Kier alpha value is -3.33. The van der Waals surface area contributed by atoms with Gasteiger partial charge in [0.15, 0.2) is 23.1 Å². The van der Waals surface area contributed by atoms with Crippen molar-refractivity contribution in [2.45, 2.75) is 24.4 Å². The second-order valence-corrected chi connectivity index (χ2v) is 7.92. The van der Waals surface area contributed by atoms with Crippen LogP contribution in [-0.4, -0.2) is 53.9 Å². The van der Waals surface area contributed by atoms with E-state index in [1.165, 1.54) is 23.7 Å². The van der Waals surface area contributed by atoms with Gasteiger partial charge in [0.2, 0.25) is 0 Å². The summed E-state index contributed by atoms with van der Waals surface area (Å²) in [6, 6.07) is 1.87. The molecule has 0 aliphatic rings. The van der Waals surface area contributed by atoms with Crippen LogP contribution in [0.2, 0.25) is 0 Å². The maximum absolute atomic E-state index is 14.1. The zero-order valence-electron chi connectivity index (χ0n) is 16.7. The molecule has 0 radical (unpaired) electrons. The van der Waals surface area contributed by atoms with E-state index in [4.69, 9.17) is 0 Å². The first kappa shape index (κ1) is 23.8. The quantitative estimate of drug-likeness (QED) is 0.381. The summed E-state index contributed by atoms with van der Waals surface area (Å²) in [6.07, 6.45) is -6.68. The zero-order valence-corrected chi connectivity index (χ0v) is 17.5. The Morgan fingerprint density at radius 3 is 2.44 bits per heavy atom. The Morgan fingerprint density at radius 1 is 1.06 bits per heavy atom. The summed E-state index contributed by atoms with van der Waals surface area (Å²) in [5.74, 6) is -2.56. The van der Waals surface area contributed by atoms with Gasteiger partial charge in [-0.1, -0.05) is 0 Å². The van der Waals surface area contributed by atoms with Crippen LogP contribution in [0.4, 0.5) is 36.6 Å². The highest BCUT2D eigenvalue weighted by Crippen LogP contribution is 2.43. The summed E-state index contributed by atoms with van der Waals surface area (Å²) in [4.78, 5) is 16.1. The molecule has 4 aromatic heterocycles. The van der Waals surface area contributed by atoms with Gasteiger partial charge < -0.3 is 14.8 Å². The molecule has 7 nitrogen and oxygen atoms in total. The Morgan fingerprint density at radius 2 is 1.79 bits per heavy atom. The van der Waals surface area contributed by atoms with Crippen LogP contribution in [0.3, 0.4) is 0 Å². The third-order valence-corrected chi connectivity index (χ3v) is 5.55. The van der Waals surface area contributed by atoms with Gasteiger partial charge in [0.05, 0.1) is 18.4 Å². The molecule has 4 rings (SSSR count). The lowest BCUT2D eigenvalue weighted by atomic mass is 10.0. The molecule has 2 N–H and O–H groups in total. The predicted molar refractivity (Wildman–Crippen MR) is 107 cm³/mol. The van der Waals surface area contributed by atoms with Crippen molar-refractivity contribution >= 4 is 22.8 Å². The van der Waals surface area contributed by atoms with Crippen LogP contribution in [0.15, 0.2) is 41.6 Å². The first-order valence-electron chi connectivity index (χ1n) is 9.35. The lowest BCUT2D eigenvalue weighted by Gasteiger charge is -2.32. The zero-order chi connectivity index (χ0) is 24.7. The van der Waals surface area contributed by atoms with Gasteiger partial charge in [-0.2, -0.15) is 37.7 Å². The largest absolute Gasteiger partial charge is 0.428 e. The molecule has 0 unspecified atom stereocenters. The molecule has 4 heterocycles. The minimum atomic E-state index is -6.07. The molecule has 0 bridgehead atoms. The minimum Gasteiger partial charge on any atom is -0.372 e. The number of thiophene rings is 1. The second-order valence-electron chi connectivity index (χ2n) is 7.14. The second kappa shape index (κ2) is 8.47. The summed E-state index contributed by atoms with van der Waals surface area (Å²) >= 11 is 1.47. The van der Waals surface area contributed by atoms with Gasteiger partial charge in [0.25, 0.3) is 5.60 Å². The summed E-state index contributed by atoms with van der Waals surface area (Å²) in [5, 5.41) is 14.6.